The lowest BCUT2D eigenvalue weighted by Gasteiger charge is -2.06. The predicted octanol–water partition coefficient (Wildman–Crippen LogP) is 2.74. The van der Waals surface area contributed by atoms with Crippen LogP contribution in [-0.2, 0) is 0 Å². The first kappa shape index (κ1) is 11.4. The molecule has 1 aromatic rings. The SMILES string of the molecule is Fc1ccc(OCCCCNC2CC2)cc1. The quantitative estimate of drug-likeness (QED) is 0.718. The van der Waals surface area contributed by atoms with Gasteiger partial charge in [-0.05, 0) is 56.5 Å². The molecule has 1 aliphatic rings. The van der Waals surface area contributed by atoms with Crippen molar-refractivity contribution in [1.29, 1.82) is 0 Å². The topological polar surface area (TPSA) is 21.3 Å². The molecular weight excluding hydrogens is 205 g/mol. The second-order valence-corrected chi connectivity index (χ2v) is 4.24. The monoisotopic (exact) mass is 223 g/mol. The third-order valence-corrected chi connectivity index (χ3v) is 2.66. The normalized spacial score (nSPS) is 15.1. The van der Waals surface area contributed by atoms with E-state index in [-0.39, 0.29) is 5.82 Å². The van der Waals surface area contributed by atoms with Crippen molar-refractivity contribution >= 4 is 0 Å². The van der Waals surface area contributed by atoms with Crippen molar-refractivity contribution in [3.05, 3.63) is 30.1 Å². The van der Waals surface area contributed by atoms with Crippen LogP contribution in [-0.4, -0.2) is 19.2 Å². The van der Waals surface area contributed by atoms with Crippen molar-refractivity contribution in [2.45, 2.75) is 31.7 Å². The van der Waals surface area contributed by atoms with Gasteiger partial charge in [0.05, 0.1) is 6.61 Å². The fourth-order valence-electron chi connectivity index (χ4n) is 1.54. The molecule has 2 rings (SSSR count). The van der Waals surface area contributed by atoms with Gasteiger partial charge in [-0.1, -0.05) is 0 Å². The molecule has 16 heavy (non-hydrogen) atoms. The highest BCUT2D eigenvalue weighted by Gasteiger charge is 2.19. The standard InChI is InChI=1S/C13H18FNO/c14-11-3-7-13(8-4-11)16-10-2-1-9-15-12-5-6-12/h3-4,7-8,12,15H,1-2,5-6,9-10H2. The fraction of sp³-hybridized carbons (Fsp3) is 0.538. The van der Waals surface area contributed by atoms with Crippen LogP contribution in [0.15, 0.2) is 24.3 Å². The van der Waals surface area contributed by atoms with E-state index in [4.69, 9.17) is 4.74 Å². The van der Waals surface area contributed by atoms with E-state index in [1.165, 1.54) is 25.0 Å². The summed E-state index contributed by atoms with van der Waals surface area (Å²) >= 11 is 0. The van der Waals surface area contributed by atoms with Crippen LogP contribution < -0.4 is 10.1 Å². The van der Waals surface area contributed by atoms with Crippen LogP contribution in [0.1, 0.15) is 25.7 Å². The number of benzene rings is 1. The van der Waals surface area contributed by atoms with Crippen LogP contribution in [0.5, 0.6) is 5.75 Å². The smallest absolute Gasteiger partial charge is 0.123 e. The average molecular weight is 223 g/mol. The second-order valence-electron chi connectivity index (χ2n) is 4.24. The summed E-state index contributed by atoms with van der Waals surface area (Å²) < 4.78 is 18.1. The van der Waals surface area contributed by atoms with Crippen molar-refractivity contribution in [3.8, 4) is 5.75 Å². The Morgan fingerprint density at radius 2 is 1.94 bits per heavy atom. The Hall–Kier alpha value is -1.09. The third kappa shape index (κ3) is 4.19. The molecule has 1 saturated carbocycles. The Kier molecular flexibility index (Phi) is 4.17. The number of rotatable bonds is 7. The molecule has 0 amide bonds. The molecule has 1 aliphatic carbocycles. The first-order valence-corrected chi connectivity index (χ1v) is 5.96. The first-order valence-electron chi connectivity index (χ1n) is 5.96. The summed E-state index contributed by atoms with van der Waals surface area (Å²) in [5, 5.41) is 3.46. The molecule has 0 saturated heterocycles. The molecule has 1 aromatic carbocycles. The highest BCUT2D eigenvalue weighted by atomic mass is 19.1. The maximum absolute atomic E-state index is 12.6. The first-order chi connectivity index (χ1) is 7.84. The van der Waals surface area contributed by atoms with Gasteiger partial charge in [0, 0.05) is 6.04 Å². The molecule has 0 unspecified atom stereocenters. The van der Waals surface area contributed by atoms with Crippen LogP contribution >= 0.6 is 0 Å². The van der Waals surface area contributed by atoms with Crippen molar-refractivity contribution < 1.29 is 9.13 Å². The number of nitrogens with one attached hydrogen (secondary N) is 1. The van der Waals surface area contributed by atoms with E-state index in [1.807, 2.05) is 0 Å². The maximum Gasteiger partial charge on any atom is 0.123 e. The highest BCUT2D eigenvalue weighted by molar-refractivity contribution is 5.21. The molecule has 0 spiro atoms. The lowest BCUT2D eigenvalue weighted by Crippen LogP contribution is -2.17. The molecular formula is C13H18FNO. The van der Waals surface area contributed by atoms with Crippen molar-refractivity contribution in [1.82, 2.24) is 5.32 Å². The molecule has 3 heteroatoms. The molecule has 0 aliphatic heterocycles. The van der Waals surface area contributed by atoms with Gasteiger partial charge in [0.2, 0.25) is 0 Å². The Morgan fingerprint density at radius 3 is 2.62 bits per heavy atom. The Morgan fingerprint density at radius 1 is 1.19 bits per heavy atom. The van der Waals surface area contributed by atoms with Gasteiger partial charge < -0.3 is 10.1 Å². The minimum Gasteiger partial charge on any atom is -0.494 e. The minimum atomic E-state index is -0.221. The molecule has 0 radical (unpaired) electrons. The zero-order valence-corrected chi connectivity index (χ0v) is 9.42. The van der Waals surface area contributed by atoms with E-state index in [0.29, 0.717) is 6.61 Å². The maximum atomic E-state index is 12.6. The average Bonchev–Trinajstić information content (AvgIpc) is 3.10. The van der Waals surface area contributed by atoms with E-state index >= 15 is 0 Å². The van der Waals surface area contributed by atoms with Crippen molar-refractivity contribution in [2.75, 3.05) is 13.2 Å². The van der Waals surface area contributed by atoms with E-state index in [1.54, 1.807) is 12.1 Å². The summed E-state index contributed by atoms with van der Waals surface area (Å²) in [4.78, 5) is 0. The number of hydrogen-bond acceptors (Lipinski definition) is 2. The molecule has 1 N–H and O–H groups in total. The van der Waals surface area contributed by atoms with E-state index < -0.39 is 0 Å². The molecule has 88 valence electrons. The Balaban J connectivity index is 1.51. The van der Waals surface area contributed by atoms with Crippen LogP contribution in [0.3, 0.4) is 0 Å². The van der Waals surface area contributed by atoms with E-state index in [2.05, 4.69) is 5.32 Å². The zero-order chi connectivity index (χ0) is 11.2. The summed E-state index contributed by atoms with van der Waals surface area (Å²) in [5.74, 6) is 0.525. The Bertz CT molecular complexity index is 308. The fourth-order valence-corrected chi connectivity index (χ4v) is 1.54. The van der Waals surface area contributed by atoms with Gasteiger partial charge in [0.1, 0.15) is 11.6 Å². The van der Waals surface area contributed by atoms with Crippen molar-refractivity contribution in [3.63, 3.8) is 0 Å². The van der Waals surface area contributed by atoms with Gasteiger partial charge >= 0.3 is 0 Å². The third-order valence-electron chi connectivity index (χ3n) is 2.66. The van der Waals surface area contributed by atoms with Crippen LogP contribution in [0.25, 0.3) is 0 Å². The molecule has 0 bridgehead atoms. The van der Waals surface area contributed by atoms with Crippen LogP contribution in [0.4, 0.5) is 4.39 Å². The molecule has 0 atom stereocenters. The summed E-state index contributed by atoms with van der Waals surface area (Å²) in [5.41, 5.74) is 0. The number of ether oxygens (including phenoxy) is 1. The molecule has 0 aromatic heterocycles. The second kappa shape index (κ2) is 5.85. The minimum absolute atomic E-state index is 0.221. The summed E-state index contributed by atoms with van der Waals surface area (Å²) in [6, 6.07) is 6.96. The zero-order valence-electron chi connectivity index (χ0n) is 9.42. The number of hydrogen-bond donors (Lipinski definition) is 1. The van der Waals surface area contributed by atoms with E-state index in [0.717, 1.165) is 31.2 Å². The summed E-state index contributed by atoms with van der Waals surface area (Å²) in [7, 11) is 0. The van der Waals surface area contributed by atoms with Gasteiger partial charge in [0.25, 0.3) is 0 Å². The lowest BCUT2D eigenvalue weighted by molar-refractivity contribution is 0.305. The van der Waals surface area contributed by atoms with Gasteiger partial charge in [0.15, 0.2) is 0 Å². The van der Waals surface area contributed by atoms with Crippen LogP contribution in [0.2, 0.25) is 0 Å². The molecule has 2 nitrogen and oxygen atoms in total. The van der Waals surface area contributed by atoms with Gasteiger partial charge in [-0.15, -0.1) is 0 Å². The summed E-state index contributed by atoms with van der Waals surface area (Å²) in [6.45, 7) is 1.79. The highest BCUT2D eigenvalue weighted by Crippen LogP contribution is 2.18. The van der Waals surface area contributed by atoms with E-state index in [9.17, 15) is 4.39 Å². The largest absolute Gasteiger partial charge is 0.494 e. The van der Waals surface area contributed by atoms with Gasteiger partial charge in [-0.25, -0.2) is 4.39 Å². The predicted molar refractivity (Wildman–Crippen MR) is 62.2 cm³/mol. The lowest BCUT2D eigenvalue weighted by atomic mass is 10.3. The van der Waals surface area contributed by atoms with Crippen molar-refractivity contribution in [2.24, 2.45) is 0 Å². The van der Waals surface area contributed by atoms with Gasteiger partial charge in [-0.2, -0.15) is 0 Å². The molecule has 1 fully saturated rings. The molecule has 0 heterocycles. The number of unbranched alkanes of at least 4 members (excludes halogenated alkanes) is 1. The van der Waals surface area contributed by atoms with Crippen LogP contribution in [0, 0.1) is 5.82 Å². The number of halogens is 1. The Labute approximate surface area is 95.8 Å². The summed E-state index contributed by atoms with van der Waals surface area (Å²) in [6.07, 6.45) is 4.85. The van der Waals surface area contributed by atoms with Gasteiger partial charge in [-0.3, -0.25) is 0 Å².